The Bertz CT molecular complexity index is 553. The molecule has 0 saturated heterocycles. The lowest BCUT2D eigenvalue weighted by Gasteiger charge is -1.98. The first-order chi connectivity index (χ1) is 7.88. The summed E-state index contributed by atoms with van der Waals surface area (Å²) in [7, 11) is 0. The van der Waals surface area contributed by atoms with Crippen LogP contribution in [0.1, 0.15) is 5.82 Å². The number of aromatic nitrogens is 2. The van der Waals surface area contributed by atoms with Crippen LogP contribution < -0.4 is 0 Å². The number of hydrogen-bond acceptors (Lipinski definition) is 4. The maximum Gasteiger partial charge on any atom is 0.455 e. The van der Waals surface area contributed by atoms with Crippen LogP contribution in [0, 0.1) is 0 Å². The van der Waals surface area contributed by atoms with Crippen LogP contribution in [0.4, 0.5) is 13.2 Å². The molecule has 1 N–H and O–H groups in total. The van der Waals surface area contributed by atoms with E-state index in [2.05, 4.69) is 30.6 Å². The molecule has 2 rings (SSSR count). The molecule has 8 heteroatoms. The third kappa shape index (κ3) is 2.41. The maximum absolute atomic E-state index is 12.2. The molecule has 0 aliphatic carbocycles. The molecular formula is C9H4BrF3N2O2. The van der Waals surface area contributed by atoms with E-state index in [4.69, 9.17) is 0 Å². The molecule has 0 aliphatic rings. The Morgan fingerprint density at radius 3 is 2.53 bits per heavy atom. The van der Waals surface area contributed by atoms with Gasteiger partial charge in [-0.2, -0.15) is 18.2 Å². The molecule has 2 aromatic rings. The van der Waals surface area contributed by atoms with E-state index in [1.807, 2.05) is 0 Å². The summed E-state index contributed by atoms with van der Waals surface area (Å²) in [5.74, 6) is -1.79. The highest BCUT2D eigenvalue weighted by Gasteiger charge is 2.37. The van der Waals surface area contributed by atoms with Gasteiger partial charge in [0.15, 0.2) is 0 Å². The van der Waals surface area contributed by atoms with Crippen molar-refractivity contribution in [3.8, 4) is 17.2 Å². The number of rotatable bonds is 1. The Morgan fingerprint density at radius 1 is 1.29 bits per heavy atom. The summed E-state index contributed by atoms with van der Waals surface area (Å²) < 4.78 is 41.5. The Morgan fingerprint density at radius 2 is 2.00 bits per heavy atom. The van der Waals surface area contributed by atoms with Gasteiger partial charge in [0.25, 0.3) is 11.7 Å². The summed E-state index contributed by atoms with van der Waals surface area (Å²) >= 11 is 3.04. The summed E-state index contributed by atoms with van der Waals surface area (Å²) in [6, 6.07) is 4.12. The van der Waals surface area contributed by atoms with E-state index in [-0.39, 0.29) is 17.2 Å². The molecule has 0 atom stereocenters. The molecule has 0 aliphatic heterocycles. The Kier molecular flexibility index (Phi) is 2.82. The van der Waals surface area contributed by atoms with Crippen LogP contribution in [-0.4, -0.2) is 15.2 Å². The van der Waals surface area contributed by atoms with Crippen molar-refractivity contribution in [2.75, 3.05) is 0 Å². The van der Waals surface area contributed by atoms with E-state index >= 15 is 0 Å². The van der Waals surface area contributed by atoms with E-state index in [0.29, 0.717) is 4.47 Å². The summed E-state index contributed by atoms with van der Waals surface area (Å²) in [6.07, 6.45) is -4.65. The minimum absolute atomic E-state index is 0.130. The van der Waals surface area contributed by atoms with Crippen molar-refractivity contribution in [2.24, 2.45) is 0 Å². The average molecular weight is 309 g/mol. The number of aromatic hydroxyl groups is 1. The van der Waals surface area contributed by atoms with Crippen LogP contribution in [-0.2, 0) is 6.18 Å². The number of benzene rings is 1. The lowest BCUT2D eigenvalue weighted by atomic mass is 10.2. The van der Waals surface area contributed by atoms with Crippen molar-refractivity contribution in [1.82, 2.24) is 10.1 Å². The topological polar surface area (TPSA) is 59.2 Å². The smallest absolute Gasteiger partial charge is 0.455 e. The van der Waals surface area contributed by atoms with Crippen molar-refractivity contribution < 1.29 is 22.8 Å². The minimum Gasteiger partial charge on any atom is -0.507 e. The molecule has 0 fully saturated rings. The highest BCUT2D eigenvalue weighted by atomic mass is 79.9. The second kappa shape index (κ2) is 4.02. The lowest BCUT2D eigenvalue weighted by molar-refractivity contribution is -0.146. The van der Waals surface area contributed by atoms with E-state index < -0.39 is 12.0 Å². The predicted octanol–water partition coefficient (Wildman–Crippen LogP) is 3.22. The first kappa shape index (κ1) is 11.9. The summed E-state index contributed by atoms with van der Waals surface area (Å²) in [5, 5.41) is 12.2. The monoisotopic (exact) mass is 308 g/mol. The fourth-order valence-electron chi connectivity index (χ4n) is 1.10. The molecule has 17 heavy (non-hydrogen) atoms. The zero-order chi connectivity index (χ0) is 12.6. The molecular weight excluding hydrogens is 305 g/mol. The highest BCUT2D eigenvalue weighted by Crippen LogP contribution is 2.31. The van der Waals surface area contributed by atoms with Gasteiger partial charge in [-0.1, -0.05) is 5.16 Å². The molecule has 1 aromatic carbocycles. The third-order valence-corrected chi connectivity index (χ3v) is 2.54. The van der Waals surface area contributed by atoms with E-state index in [9.17, 15) is 18.3 Å². The number of alkyl halides is 3. The standard InChI is InChI=1S/C9H4BrF3N2O2/c10-5-2-1-4(3-6(5)16)7-14-8(15-17-7)9(11,12)13/h1-3,16H. The first-order valence-electron chi connectivity index (χ1n) is 4.28. The summed E-state index contributed by atoms with van der Waals surface area (Å²) in [4.78, 5) is 3.19. The van der Waals surface area contributed by atoms with E-state index in [0.717, 1.165) is 0 Å². The fraction of sp³-hybridized carbons (Fsp3) is 0.111. The van der Waals surface area contributed by atoms with Gasteiger partial charge in [0, 0.05) is 5.56 Å². The van der Waals surface area contributed by atoms with E-state index in [1.165, 1.54) is 18.2 Å². The van der Waals surface area contributed by atoms with Crippen molar-refractivity contribution >= 4 is 15.9 Å². The van der Waals surface area contributed by atoms with Gasteiger partial charge in [-0.15, -0.1) is 0 Å². The molecule has 0 spiro atoms. The number of phenolic OH excluding ortho intramolecular Hbond substituents is 1. The number of halogens is 4. The van der Waals surface area contributed by atoms with E-state index in [1.54, 1.807) is 0 Å². The van der Waals surface area contributed by atoms with Gasteiger partial charge in [0.1, 0.15) is 5.75 Å². The molecule has 0 bridgehead atoms. The van der Waals surface area contributed by atoms with Crippen LogP contribution in [0.15, 0.2) is 27.2 Å². The summed E-state index contributed by atoms with van der Waals surface area (Å²) in [5.41, 5.74) is 0.203. The molecule has 4 nitrogen and oxygen atoms in total. The Labute approximate surface area is 101 Å². The maximum atomic E-state index is 12.2. The van der Waals surface area contributed by atoms with Crippen LogP contribution in [0.25, 0.3) is 11.5 Å². The first-order valence-corrected chi connectivity index (χ1v) is 5.07. The van der Waals surface area contributed by atoms with Gasteiger partial charge in [0.05, 0.1) is 4.47 Å². The van der Waals surface area contributed by atoms with Crippen molar-refractivity contribution in [2.45, 2.75) is 6.18 Å². The average Bonchev–Trinajstić information content (AvgIpc) is 2.70. The number of nitrogens with zero attached hydrogens (tertiary/aromatic N) is 2. The summed E-state index contributed by atoms with van der Waals surface area (Å²) in [6.45, 7) is 0. The quantitative estimate of drug-likeness (QED) is 0.878. The molecule has 90 valence electrons. The lowest BCUT2D eigenvalue weighted by Crippen LogP contribution is -2.07. The zero-order valence-corrected chi connectivity index (χ0v) is 9.58. The Hall–Kier alpha value is -1.57. The molecule has 0 radical (unpaired) electrons. The van der Waals surface area contributed by atoms with Gasteiger partial charge < -0.3 is 9.63 Å². The zero-order valence-electron chi connectivity index (χ0n) is 7.99. The molecule has 0 amide bonds. The van der Waals surface area contributed by atoms with Crippen LogP contribution >= 0.6 is 15.9 Å². The van der Waals surface area contributed by atoms with Gasteiger partial charge in [-0.25, -0.2) is 0 Å². The SMILES string of the molecule is Oc1cc(-c2nc(C(F)(F)F)no2)ccc1Br. The minimum atomic E-state index is -4.65. The highest BCUT2D eigenvalue weighted by molar-refractivity contribution is 9.10. The number of hydrogen-bond donors (Lipinski definition) is 1. The predicted molar refractivity (Wildman–Crippen MR) is 54.1 cm³/mol. The fourth-order valence-corrected chi connectivity index (χ4v) is 1.35. The molecule has 0 saturated carbocycles. The van der Waals surface area contributed by atoms with Gasteiger partial charge in [0.2, 0.25) is 0 Å². The van der Waals surface area contributed by atoms with Gasteiger partial charge in [-0.3, -0.25) is 0 Å². The van der Waals surface area contributed by atoms with Gasteiger partial charge in [-0.05, 0) is 34.1 Å². The van der Waals surface area contributed by atoms with Crippen LogP contribution in [0.3, 0.4) is 0 Å². The van der Waals surface area contributed by atoms with Crippen LogP contribution in [0.5, 0.6) is 5.75 Å². The normalized spacial score (nSPS) is 11.8. The molecule has 1 heterocycles. The van der Waals surface area contributed by atoms with Crippen molar-refractivity contribution in [1.29, 1.82) is 0 Å². The molecule has 1 aromatic heterocycles. The van der Waals surface area contributed by atoms with Gasteiger partial charge >= 0.3 is 6.18 Å². The second-order valence-electron chi connectivity index (χ2n) is 3.09. The van der Waals surface area contributed by atoms with Crippen molar-refractivity contribution in [3.05, 3.63) is 28.5 Å². The van der Waals surface area contributed by atoms with Crippen molar-refractivity contribution in [3.63, 3.8) is 0 Å². The Balaban J connectivity index is 2.40. The van der Waals surface area contributed by atoms with Crippen LogP contribution in [0.2, 0.25) is 0 Å². The number of phenols is 1. The largest absolute Gasteiger partial charge is 0.507 e. The second-order valence-corrected chi connectivity index (χ2v) is 3.94. The third-order valence-electron chi connectivity index (χ3n) is 1.87. The molecule has 0 unspecified atom stereocenters.